The number of halogens is 1. The number of benzene rings is 1. The van der Waals surface area contributed by atoms with Crippen molar-refractivity contribution >= 4 is 29.1 Å². The van der Waals surface area contributed by atoms with Crippen molar-refractivity contribution in [2.45, 2.75) is 26.7 Å². The lowest BCUT2D eigenvalue weighted by atomic mass is 10.1. The highest BCUT2D eigenvalue weighted by atomic mass is 35.5. The SMILES string of the molecule is Cc1ccc(Cl)cc1Nc1cc(C(=O)O)cc(C(C)C)n1. The van der Waals surface area contributed by atoms with E-state index in [-0.39, 0.29) is 11.5 Å². The summed E-state index contributed by atoms with van der Waals surface area (Å²) in [5, 5.41) is 13.0. The van der Waals surface area contributed by atoms with E-state index in [0.717, 1.165) is 16.9 Å². The van der Waals surface area contributed by atoms with Gasteiger partial charge in [-0.2, -0.15) is 0 Å². The number of hydrogen-bond donors (Lipinski definition) is 2. The molecule has 1 heterocycles. The molecular weight excluding hydrogens is 288 g/mol. The van der Waals surface area contributed by atoms with E-state index in [1.54, 1.807) is 12.1 Å². The average Bonchev–Trinajstić information content (AvgIpc) is 2.42. The van der Waals surface area contributed by atoms with Gasteiger partial charge in [0.15, 0.2) is 0 Å². The van der Waals surface area contributed by atoms with Crippen molar-refractivity contribution in [3.05, 3.63) is 52.2 Å². The standard InChI is InChI=1S/C16H17ClN2O2/c1-9(2)13-6-11(16(20)21)7-15(18-13)19-14-8-12(17)5-4-10(14)3/h4-9H,1-3H3,(H,18,19)(H,20,21). The van der Waals surface area contributed by atoms with Crippen LogP contribution in [-0.2, 0) is 0 Å². The minimum atomic E-state index is -0.967. The molecule has 0 saturated carbocycles. The first-order valence-electron chi connectivity index (χ1n) is 6.65. The highest BCUT2D eigenvalue weighted by Gasteiger charge is 2.11. The Bertz CT molecular complexity index is 684. The predicted octanol–water partition coefficient (Wildman–Crippen LogP) is 4.61. The summed E-state index contributed by atoms with van der Waals surface area (Å²) in [6.07, 6.45) is 0. The second-order valence-corrected chi connectivity index (χ2v) is 5.65. The monoisotopic (exact) mass is 304 g/mol. The van der Waals surface area contributed by atoms with Crippen molar-refractivity contribution in [3.8, 4) is 0 Å². The minimum absolute atomic E-state index is 0.144. The summed E-state index contributed by atoms with van der Waals surface area (Å²) in [7, 11) is 0. The largest absolute Gasteiger partial charge is 0.478 e. The van der Waals surface area contributed by atoms with Gasteiger partial charge in [0, 0.05) is 16.4 Å². The Morgan fingerprint density at radius 2 is 2.00 bits per heavy atom. The fourth-order valence-electron chi connectivity index (χ4n) is 1.90. The number of aryl methyl sites for hydroxylation is 1. The lowest BCUT2D eigenvalue weighted by molar-refractivity contribution is 0.0696. The maximum atomic E-state index is 11.2. The number of anilines is 2. The molecule has 110 valence electrons. The van der Waals surface area contributed by atoms with Crippen molar-refractivity contribution in [3.63, 3.8) is 0 Å². The first-order chi connectivity index (χ1) is 9.86. The zero-order chi connectivity index (χ0) is 15.6. The molecular formula is C16H17ClN2O2. The van der Waals surface area contributed by atoms with Crippen LogP contribution in [0.4, 0.5) is 11.5 Å². The molecule has 2 aromatic rings. The molecule has 0 saturated heterocycles. The Balaban J connectivity index is 2.43. The fraction of sp³-hybridized carbons (Fsp3) is 0.250. The predicted molar refractivity (Wildman–Crippen MR) is 84.8 cm³/mol. The molecule has 0 aliphatic rings. The molecule has 4 nitrogen and oxygen atoms in total. The maximum Gasteiger partial charge on any atom is 0.335 e. The van der Waals surface area contributed by atoms with Crippen molar-refractivity contribution < 1.29 is 9.90 Å². The molecule has 0 aliphatic carbocycles. The van der Waals surface area contributed by atoms with Gasteiger partial charge in [-0.15, -0.1) is 0 Å². The Morgan fingerprint density at radius 3 is 2.62 bits per heavy atom. The van der Waals surface area contributed by atoms with E-state index < -0.39 is 5.97 Å². The van der Waals surface area contributed by atoms with Gasteiger partial charge in [0.25, 0.3) is 0 Å². The number of aromatic carboxylic acids is 1. The second-order valence-electron chi connectivity index (χ2n) is 5.21. The van der Waals surface area contributed by atoms with Gasteiger partial charge in [0.1, 0.15) is 5.82 Å². The summed E-state index contributed by atoms with van der Waals surface area (Å²) in [6, 6.07) is 8.62. The van der Waals surface area contributed by atoms with E-state index in [9.17, 15) is 9.90 Å². The van der Waals surface area contributed by atoms with Crippen LogP contribution >= 0.6 is 11.6 Å². The number of rotatable bonds is 4. The minimum Gasteiger partial charge on any atom is -0.478 e. The van der Waals surface area contributed by atoms with Gasteiger partial charge in [-0.1, -0.05) is 31.5 Å². The van der Waals surface area contributed by atoms with Crippen LogP contribution in [0.1, 0.15) is 41.4 Å². The zero-order valence-corrected chi connectivity index (χ0v) is 12.9. The molecule has 1 aromatic carbocycles. The Labute approximate surface area is 128 Å². The van der Waals surface area contributed by atoms with Gasteiger partial charge in [-0.05, 0) is 42.7 Å². The molecule has 5 heteroatoms. The summed E-state index contributed by atoms with van der Waals surface area (Å²) < 4.78 is 0. The lowest BCUT2D eigenvalue weighted by Gasteiger charge is -2.13. The summed E-state index contributed by atoms with van der Waals surface area (Å²) >= 11 is 5.99. The molecule has 0 radical (unpaired) electrons. The Morgan fingerprint density at radius 1 is 1.29 bits per heavy atom. The van der Waals surface area contributed by atoms with Crippen LogP contribution in [0.2, 0.25) is 5.02 Å². The van der Waals surface area contributed by atoms with Crippen LogP contribution in [0.15, 0.2) is 30.3 Å². The third-order valence-corrected chi connectivity index (χ3v) is 3.38. The van der Waals surface area contributed by atoms with Gasteiger partial charge >= 0.3 is 5.97 Å². The molecule has 1 aromatic heterocycles. The van der Waals surface area contributed by atoms with E-state index in [0.29, 0.717) is 10.8 Å². The van der Waals surface area contributed by atoms with Crippen molar-refractivity contribution in [1.82, 2.24) is 4.98 Å². The number of carboxylic acid groups (broad SMARTS) is 1. The number of pyridine rings is 1. The normalized spacial score (nSPS) is 10.7. The van der Waals surface area contributed by atoms with E-state index in [1.807, 2.05) is 32.9 Å². The van der Waals surface area contributed by atoms with E-state index in [1.165, 1.54) is 6.07 Å². The average molecular weight is 305 g/mol. The Kier molecular flexibility index (Phi) is 4.48. The summed E-state index contributed by atoms with van der Waals surface area (Å²) in [5.74, 6) is -0.320. The van der Waals surface area contributed by atoms with Crippen LogP contribution in [0.5, 0.6) is 0 Å². The third kappa shape index (κ3) is 3.73. The fourth-order valence-corrected chi connectivity index (χ4v) is 2.07. The molecule has 0 amide bonds. The van der Waals surface area contributed by atoms with Gasteiger partial charge in [0.05, 0.1) is 5.56 Å². The molecule has 0 unspecified atom stereocenters. The van der Waals surface area contributed by atoms with Gasteiger partial charge in [-0.3, -0.25) is 0 Å². The number of hydrogen-bond acceptors (Lipinski definition) is 3. The summed E-state index contributed by atoms with van der Waals surface area (Å²) in [4.78, 5) is 15.7. The van der Waals surface area contributed by atoms with Crippen LogP contribution in [-0.4, -0.2) is 16.1 Å². The smallest absolute Gasteiger partial charge is 0.335 e. The van der Waals surface area contributed by atoms with Crippen LogP contribution in [0.25, 0.3) is 0 Å². The molecule has 0 fully saturated rings. The van der Waals surface area contributed by atoms with Crippen LogP contribution in [0.3, 0.4) is 0 Å². The molecule has 0 bridgehead atoms. The summed E-state index contributed by atoms with van der Waals surface area (Å²) in [6.45, 7) is 5.90. The van der Waals surface area contributed by atoms with E-state index in [4.69, 9.17) is 11.6 Å². The first kappa shape index (κ1) is 15.3. The van der Waals surface area contributed by atoms with Crippen LogP contribution in [0, 0.1) is 6.92 Å². The maximum absolute atomic E-state index is 11.2. The number of carbonyl (C=O) groups is 1. The Hall–Kier alpha value is -2.07. The van der Waals surface area contributed by atoms with Gasteiger partial charge in [-0.25, -0.2) is 9.78 Å². The van der Waals surface area contributed by atoms with E-state index >= 15 is 0 Å². The highest BCUT2D eigenvalue weighted by molar-refractivity contribution is 6.30. The van der Waals surface area contributed by atoms with Crippen molar-refractivity contribution in [2.75, 3.05) is 5.32 Å². The summed E-state index contributed by atoms with van der Waals surface area (Å²) in [5.41, 5.74) is 2.77. The van der Waals surface area contributed by atoms with E-state index in [2.05, 4.69) is 10.3 Å². The van der Waals surface area contributed by atoms with Crippen LogP contribution < -0.4 is 5.32 Å². The molecule has 2 N–H and O–H groups in total. The topological polar surface area (TPSA) is 62.2 Å². The van der Waals surface area contributed by atoms with Gasteiger partial charge in [0.2, 0.25) is 0 Å². The number of aromatic nitrogens is 1. The first-order valence-corrected chi connectivity index (χ1v) is 7.03. The molecule has 21 heavy (non-hydrogen) atoms. The third-order valence-electron chi connectivity index (χ3n) is 3.15. The quantitative estimate of drug-likeness (QED) is 0.866. The molecule has 0 aliphatic heterocycles. The van der Waals surface area contributed by atoms with Crippen molar-refractivity contribution in [2.24, 2.45) is 0 Å². The number of nitrogens with one attached hydrogen (secondary N) is 1. The van der Waals surface area contributed by atoms with Gasteiger partial charge < -0.3 is 10.4 Å². The molecule has 0 atom stereocenters. The number of carboxylic acids is 1. The number of nitrogens with zero attached hydrogens (tertiary/aromatic N) is 1. The molecule has 0 spiro atoms. The second kappa shape index (κ2) is 6.14. The van der Waals surface area contributed by atoms with Crippen molar-refractivity contribution in [1.29, 1.82) is 0 Å². The lowest BCUT2D eigenvalue weighted by Crippen LogP contribution is -2.05. The highest BCUT2D eigenvalue weighted by Crippen LogP contribution is 2.25. The zero-order valence-electron chi connectivity index (χ0n) is 12.1. The molecule has 2 rings (SSSR count).